The van der Waals surface area contributed by atoms with Crippen LogP contribution in [0.3, 0.4) is 0 Å². The summed E-state index contributed by atoms with van der Waals surface area (Å²) in [7, 11) is 0. The summed E-state index contributed by atoms with van der Waals surface area (Å²) in [5.74, 6) is 1.64. The number of fused-ring (bicyclic) bond motifs is 1. The summed E-state index contributed by atoms with van der Waals surface area (Å²) in [5, 5.41) is 0. The van der Waals surface area contributed by atoms with Crippen molar-refractivity contribution in [3.05, 3.63) is 23.8 Å². The van der Waals surface area contributed by atoms with Crippen LogP contribution in [0.4, 0.5) is 0 Å². The maximum Gasteiger partial charge on any atom is 0.231 e. The number of hydrogen-bond acceptors (Lipinski definition) is 5. The molecule has 2 heterocycles. The Kier molecular flexibility index (Phi) is 3.87. The first-order valence-corrected chi connectivity index (χ1v) is 6.80. The number of ether oxygens (including phenoxy) is 3. The van der Waals surface area contributed by atoms with Crippen molar-refractivity contribution in [3.8, 4) is 11.5 Å². The Hall–Kier alpha value is -1.30. The molecule has 5 heteroatoms. The van der Waals surface area contributed by atoms with E-state index in [4.69, 9.17) is 19.9 Å². The summed E-state index contributed by atoms with van der Waals surface area (Å²) in [4.78, 5) is 2.39. The molecule has 1 atom stereocenters. The Bertz CT molecular complexity index is 431. The zero-order valence-electron chi connectivity index (χ0n) is 11.0. The van der Waals surface area contributed by atoms with Crippen LogP contribution in [-0.2, 0) is 4.74 Å². The van der Waals surface area contributed by atoms with E-state index in [1.54, 1.807) is 0 Å². The minimum atomic E-state index is 0.219. The molecule has 1 saturated heterocycles. The van der Waals surface area contributed by atoms with Crippen molar-refractivity contribution in [1.82, 2.24) is 4.90 Å². The Labute approximate surface area is 113 Å². The zero-order valence-corrected chi connectivity index (χ0v) is 11.0. The highest BCUT2D eigenvalue weighted by molar-refractivity contribution is 5.45. The molecule has 2 aliphatic rings. The topological polar surface area (TPSA) is 57.0 Å². The van der Waals surface area contributed by atoms with Crippen LogP contribution in [0.25, 0.3) is 0 Å². The van der Waals surface area contributed by atoms with Crippen molar-refractivity contribution < 1.29 is 14.2 Å². The predicted molar refractivity (Wildman–Crippen MR) is 71.4 cm³/mol. The third-order valence-electron chi connectivity index (χ3n) is 3.70. The molecule has 1 fully saturated rings. The van der Waals surface area contributed by atoms with Crippen molar-refractivity contribution in [2.24, 2.45) is 5.73 Å². The van der Waals surface area contributed by atoms with Crippen LogP contribution in [-0.4, -0.2) is 44.5 Å². The summed E-state index contributed by atoms with van der Waals surface area (Å²) in [6.45, 7) is 4.48. The standard InChI is InChI=1S/C14H20N2O3/c15-9-12(16-4-1-6-17-7-5-16)11-2-3-13-14(8-11)19-10-18-13/h2-3,8,12H,1,4-7,9-10,15H2. The molecule has 0 aliphatic carbocycles. The largest absolute Gasteiger partial charge is 0.454 e. The third-order valence-corrected chi connectivity index (χ3v) is 3.70. The molecule has 5 nitrogen and oxygen atoms in total. The van der Waals surface area contributed by atoms with Crippen molar-refractivity contribution in [2.75, 3.05) is 39.6 Å². The lowest BCUT2D eigenvalue weighted by Gasteiger charge is -2.29. The van der Waals surface area contributed by atoms with E-state index in [-0.39, 0.29) is 6.04 Å². The van der Waals surface area contributed by atoms with E-state index in [0.717, 1.165) is 44.2 Å². The fourth-order valence-electron chi connectivity index (χ4n) is 2.69. The molecule has 0 spiro atoms. The molecule has 3 rings (SSSR count). The van der Waals surface area contributed by atoms with E-state index in [2.05, 4.69) is 11.0 Å². The molecule has 0 saturated carbocycles. The molecule has 1 unspecified atom stereocenters. The molecular formula is C14H20N2O3. The van der Waals surface area contributed by atoms with Crippen molar-refractivity contribution in [2.45, 2.75) is 12.5 Å². The second kappa shape index (κ2) is 5.77. The quantitative estimate of drug-likeness (QED) is 0.887. The molecule has 0 bridgehead atoms. The van der Waals surface area contributed by atoms with E-state index in [1.807, 2.05) is 12.1 Å². The van der Waals surface area contributed by atoms with Crippen LogP contribution < -0.4 is 15.2 Å². The first kappa shape index (κ1) is 12.7. The Morgan fingerprint density at radius 1 is 1.16 bits per heavy atom. The predicted octanol–water partition coefficient (Wildman–Crippen LogP) is 1.14. The van der Waals surface area contributed by atoms with Gasteiger partial charge in [-0.2, -0.15) is 0 Å². The zero-order chi connectivity index (χ0) is 13.1. The lowest BCUT2D eigenvalue weighted by atomic mass is 10.0. The van der Waals surface area contributed by atoms with Gasteiger partial charge < -0.3 is 19.9 Å². The van der Waals surface area contributed by atoms with Gasteiger partial charge in [-0.05, 0) is 24.1 Å². The maximum atomic E-state index is 5.98. The van der Waals surface area contributed by atoms with Crippen molar-refractivity contribution in [1.29, 1.82) is 0 Å². The first-order chi connectivity index (χ1) is 9.38. The SMILES string of the molecule is NCC(c1ccc2c(c1)OCO2)N1CCCOCC1. The second-order valence-electron chi connectivity index (χ2n) is 4.87. The van der Waals surface area contributed by atoms with Gasteiger partial charge in [-0.15, -0.1) is 0 Å². The van der Waals surface area contributed by atoms with E-state index in [9.17, 15) is 0 Å². The first-order valence-electron chi connectivity index (χ1n) is 6.80. The van der Waals surface area contributed by atoms with Gasteiger partial charge in [-0.1, -0.05) is 6.07 Å². The van der Waals surface area contributed by atoms with Gasteiger partial charge in [0.1, 0.15) is 0 Å². The Morgan fingerprint density at radius 3 is 2.95 bits per heavy atom. The number of rotatable bonds is 3. The number of nitrogens with two attached hydrogens (primary N) is 1. The Balaban J connectivity index is 1.80. The smallest absolute Gasteiger partial charge is 0.231 e. The van der Waals surface area contributed by atoms with Gasteiger partial charge in [0, 0.05) is 32.3 Å². The average molecular weight is 264 g/mol. The summed E-state index contributed by atoms with van der Waals surface area (Å²) < 4.78 is 16.3. The summed E-state index contributed by atoms with van der Waals surface area (Å²) >= 11 is 0. The van der Waals surface area contributed by atoms with E-state index < -0.39 is 0 Å². The normalized spacial score (nSPS) is 21.1. The van der Waals surface area contributed by atoms with Crippen LogP contribution >= 0.6 is 0 Å². The minimum absolute atomic E-state index is 0.219. The molecule has 0 amide bonds. The summed E-state index contributed by atoms with van der Waals surface area (Å²) in [6.07, 6.45) is 1.06. The second-order valence-corrected chi connectivity index (χ2v) is 4.87. The molecule has 0 aromatic heterocycles. The van der Waals surface area contributed by atoms with E-state index >= 15 is 0 Å². The van der Waals surface area contributed by atoms with Crippen LogP contribution in [0, 0.1) is 0 Å². The molecule has 1 aromatic carbocycles. The van der Waals surface area contributed by atoms with Crippen LogP contribution in [0.5, 0.6) is 11.5 Å². The fourth-order valence-corrected chi connectivity index (χ4v) is 2.69. The highest BCUT2D eigenvalue weighted by Gasteiger charge is 2.23. The minimum Gasteiger partial charge on any atom is -0.454 e. The third kappa shape index (κ3) is 2.68. The summed E-state index contributed by atoms with van der Waals surface area (Å²) in [5.41, 5.74) is 7.17. The lowest BCUT2D eigenvalue weighted by Crippen LogP contribution is -2.35. The molecule has 19 heavy (non-hydrogen) atoms. The fraction of sp³-hybridized carbons (Fsp3) is 0.571. The highest BCUT2D eigenvalue weighted by atomic mass is 16.7. The van der Waals surface area contributed by atoms with Crippen molar-refractivity contribution >= 4 is 0 Å². The number of benzene rings is 1. The molecule has 2 N–H and O–H groups in total. The van der Waals surface area contributed by atoms with Gasteiger partial charge in [0.2, 0.25) is 6.79 Å². The van der Waals surface area contributed by atoms with Crippen molar-refractivity contribution in [3.63, 3.8) is 0 Å². The van der Waals surface area contributed by atoms with Crippen LogP contribution in [0.2, 0.25) is 0 Å². The Morgan fingerprint density at radius 2 is 2.05 bits per heavy atom. The van der Waals surface area contributed by atoms with Gasteiger partial charge in [0.05, 0.1) is 6.61 Å². The van der Waals surface area contributed by atoms with Gasteiger partial charge in [-0.25, -0.2) is 0 Å². The highest BCUT2D eigenvalue weighted by Crippen LogP contribution is 2.35. The molecule has 1 aromatic rings. The van der Waals surface area contributed by atoms with Gasteiger partial charge in [-0.3, -0.25) is 4.90 Å². The molecular weight excluding hydrogens is 244 g/mol. The van der Waals surface area contributed by atoms with Gasteiger partial charge in [0.15, 0.2) is 11.5 Å². The van der Waals surface area contributed by atoms with Crippen LogP contribution in [0.15, 0.2) is 18.2 Å². The molecule has 2 aliphatic heterocycles. The number of hydrogen-bond donors (Lipinski definition) is 1. The van der Waals surface area contributed by atoms with E-state index in [1.165, 1.54) is 5.56 Å². The van der Waals surface area contributed by atoms with Gasteiger partial charge in [0.25, 0.3) is 0 Å². The van der Waals surface area contributed by atoms with Gasteiger partial charge >= 0.3 is 0 Å². The van der Waals surface area contributed by atoms with Crippen LogP contribution in [0.1, 0.15) is 18.0 Å². The summed E-state index contributed by atoms with van der Waals surface area (Å²) in [6, 6.07) is 6.31. The van der Waals surface area contributed by atoms with E-state index in [0.29, 0.717) is 13.3 Å². The maximum absolute atomic E-state index is 5.98. The lowest BCUT2D eigenvalue weighted by molar-refractivity contribution is 0.132. The number of nitrogens with zero attached hydrogens (tertiary/aromatic N) is 1. The molecule has 0 radical (unpaired) electrons. The monoisotopic (exact) mass is 264 g/mol. The average Bonchev–Trinajstić information content (AvgIpc) is 2.74. The molecule has 104 valence electrons.